The van der Waals surface area contributed by atoms with Crippen LogP contribution in [0, 0.1) is 0 Å². The molecule has 2 aromatic heterocycles. The number of ether oxygens (including phenoxy) is 2. The smallest absolute Gasteiger partial charge is 0.244 e. The van der Waals surface area contributed by atoms with E-state index >= 15 is 0 Å². The van der Waals surface area contributed by atoms with Crippen LogP contribution in [0.5, 0.6) is 11.5 Å². The lowest BCUT2D eigenvalue weighted by molar-refractivity contribution is -0.116. The lowest BCUT2D eigenvalue weighted by Gasteiger charge is -2.02. The summed E-state index contributed by atoms with van der Waals surface area (Å²) < 4.78 is 10.6. The molecule has 1 aliphatic rings. The van der Waals surface area contributed by atoms with Crippen LogP contribution >= 0.6 is 22.9 Å². The monoisotopic (exact) mass is 413 g/mol. The molecule has 0 aliphatic carbocycles. The highest BCUT2D eigenvalue weighted by atomic mass is 35.5. The summed E-state index contributed by atoms with van der Waals surface area (Å²) in [6.07, 6.45) is 5.56. The summed E-state index contributed by atoms with van der Waals surface area (Å²) in [6.45, 7) is 0.655. The number of nitrogens with zero attached hydrogens (tertiary/aromatic N) is 2. The van der Waals surface area contributed by atoms with Gasteiger partial charge in [-0.3, -0.25) is 9.78 Å². The molecule has 1 aromatic carbocycles. The SMILES string of the molecule is O=C(C=Cc1cc(Cl)c2c(c1)OCO2)NCCc1nc(-c2ccccn2)cs1. The molecule has 4 rings (SSSR count). The first-order chi connectivity index (χ1) is 13.7. The Bertz CT molecular complexity index is 1020. The maximum Gasteiger partial charge on any atom is 0.244 e. The van der Waals surface area contributed by atoms with Crippen LogP contribution in [0.4, 0.5) is 0 Å². The zero-order valence-corrected chi connectivity index (χ0v) is 16.3. The van der Waals surface area contributed by atoms with Crippen molar-refractivity contribution < 1.29 is 14.3 Å². The lowest BCUT2D eigenvalue weighted by atomic mass is 10.2. The van der Waals surface area contributed by atoms with Gasteiger partial charge in [0.15, 0.2) is 11.5 Å². The fourth-order valence-electron chi connectivity index (χ4n) is 2.66. The van der Waals surface area contributed by atoms with Crippen molar-refractivity contribution in [3.63, 3.8) is 0 Å². The van der Waals surface area contributed by atoms with Crippen LogP contribution < -0.4 is 14.8 Å². The average Bonchev–Trinajstić information content (AvgIpc) is 3.37. The van der Waals surface area contributed by atoms with Crippen LogP contribution in [0.15, 0.2) is 48.0 Å². The van der Waals surface area contributed by atoms with Crippen LogP contribution in [0.2, 0.25) is 5.02 Å². The van der Waals surface area contributed by atoms with E-state index in [1.54, 1.807) is 35.7 Å². The first-order valence-corrected chi connectivity index (χ1v) is 9.86. The van der Waals surface area contributed by atoms with Crippen molar-refractivity contribution in [3.05, 3.63) is 63.6 Å². The molecular weight excluding hydrogens is 398 g/mol. The van der Waals surface area contributed by atoms with Gasteiger partial charge in [0, 0.05) is 30.6 Å². The number of carbonyl (C=O) groups excluding carboxylic acids is 1. The predicted octanol–water partition coefficient (Wildman–Crippen LogP) is 3.96. The van der Waals surface area contributed by atoms with Gasteiger partial charge in [-0.15, -0.1) is 11.3 Å². The standard InChI is InChI=1S/C20H16ClN3O3S/c21-14-9-13(10-17-20(14)27-12-26-17)4-5-18(25)23-8-6-19-24-16(11-28-19)15-3-1-2-7-22-15/h1-5,7,9-11H,6,8,12H2,(H,23,25). The van der Waals surface area contributed by atoms with Crippen LogP contribution in [-0.4, -0.2) is 29.2 Å². The van der Waals surface area contributed by atoms with Gasteiger partial charge in [-0.2, -0.15) is 0 Å². The molecule has 0 saturated carbocycles. The van der Waals surface area contributed by atoms with Gasteiger partial charge in [0.2, 0.25) is 12.7 Å². The molecule has 1 N–H and O–H groups in total. The van der Waals surface area contributed by atoms with Gasteiger partial charge in [-0.25, -0.2) is 4.98 Å². The number of aromatic nitrogens is 2. The number of halogens is 1. The maximum absolute atomic E-state index is 12.0. The van der Waals surface area contributed by atoms with Gasteiger partial charge in [0.05, 0.1) is 21.4 Å². The fourth-order valence-corrected chi connectivity index (χ4v) is 3.73. The highest BCUT2D eigenvalue weighted by molar-refractivity contribution is 7.09. The van der Waals surface area contributed by atoms with Crippen molar-refractivity contribution in [3.8, 4) is 22.9 Å². The first-order valence-electron chi connectivity index (χ1n) is 8.60. The van der Waals surface area contributed by atoms with Gasteiger partial charge >= 0.3 is 0 Å². The summed E-state index contributed by atoms with van der Waals surface area (Å²) >= 11 is 7.70. The van der Waals surface area contributed by atoms with Crippen molar-refractivity contribution in [1.29, 1.82) is 0 Å². The molecule has 142 valence electrons. The molecule has 3 aromatic rings. The predicted molar refractivity (Wildman–Crippen MR) is 109 cm³/mol. The molecule has 1 aliphatic heterocycles. The highest BCUT2D eigenvalue weighted by Gasteiger charge is 2.17. The number of amides is 1. The number of hydrogen-bond acceptors (Lipinski definition) is 6. The minimum absolute atomic E-state index is 0.154. The fraction of sp³-hybridized carbons (Fsp3) is 0.150. The number of pyridine rings is 1. The quantitative estimate of drug-likeness (QED) is 0.619. The summed E-state index contributed by atoms with van der Waals surface area (Å²) in [5, 5.41) is 6.24. The second-order valence-electron chi connectivity index (χ2n) is 5.95. The third-order valence-electron chi connectivity index (χ3n) is 3.99. The van der Waals surface area contributed by atoms with Crippen molar-refractivity contribution in [1.82, 2.24) is 15.3 Å². The molecule has 0 bridgehead atoms. The normalized spacial score (nSPS) is 12.5. The average molecular weight is 414 g/mol. The van der Waals surface area contributed by atoms with E-state index in [2.05, 4.69) is 15.3 Å². The van der Waals surface area contributed by atoms with Crippen LogP contribution in [0.1, 0.15) is 10.6 Å². The Morgan fingerprint density at radius 1 is 1.29 bits per heavy atom. The zero-order chi connectivity index (χ0) is 19.3. The lowest BCUT2D eigenvalue weighted by Crippen LogP contribution is -2.23. The molecule has 1 amide bonds. The Balaban J connectivity index is 1.29. The molecule has 3 heterocycles. The van der Waals surface area contributed by atoms with E-state index in [-0.39, 0.29) is 12.7 Å². The van der Waals surface area contributed by atoms with Gasteiger partial charge in [0.1, 0.15) is 0 Å². The first kappa shape index (κ1) is 18.5. The largest absolute Gasteiger partial charge is 0.454 e. The number of hydrogen-bond donors (Lipinski definition) is 1. The van der Waals surface area contributed by atoms with Crippen molar-refractivity contribution >= 4 is 34.9 Å². The third kappa shape index (κ3) is 4.32. The van der Waals surface area contributed by atoms with E-state index < -0.39 is 0 Å². The van der Waals surface area contributed by atoms with Gasteiger partial charge in [-0.05, 0) is 35.9 Å². The van der Waals surface area contributed by atoms with Crippen molar-refractivity contribution in [2.75, 3.05) is 13.3 Å². The molecule has 0 radical (unpaired) electrons. The van der Waals surface area contributed by atoms with E-state index in [0.29, 0.717) is 29.5 Å². The van der Waals surface area contributed by atoms with Crippen LogP contribution in [0.3, 0.4) is 0 Å². The Morgan fingerprint density at radius 2 is 2.21 bits per heavy atom. The van der Waals surface area contributed by atoms with Crippen LogP contribution in [0.25, 0.3) is 17.5 Å². The minimum atomic E-state index is -0.185. The zero-order valence-electron chi connectivity index (χ0n) is 14.7. The van der Waals surface area contributed by atoms with Gasteiger partial charge in [-0.1, -0.05) is 17.7 Å². The van der Waals surface area contributed by atoms with E-state index in [9.17, 15) is 4.79 Å². The number of fused-ring (bicyclic) bond motifs is 1. The highest BCUT2D eigenvalue weighted by Crippen LogP contribution is 2.40. The number of rotatable bonds is 6. The van der Waals surface area contributed by atoms with E-state index in [0.717, 1.165) is 22.0 Å². The molecule has 0 saturated heterocycles. The third-order valence-corrected chi connectivity index (χ3v) is 5.18. The van der Waals surface area contributed by atoms with Crippen molar-refractivity contribution in [2.24, 2.45) is 0 Å². The topological polar surface area (TPSA) is 73.3 Å². The molecule has 0 fully saturated rings. The molecule has 28 heavy (non-hydrogen) atoms. The maximum atomic E-state index is 12.0. The number of carbonyl (C=O) groups is 1. The van der Waals surface area contributed by atoms with Gasteiger partial charge in [0.25, 0.3) is 0 Å². The second-order valence-corrected chi connectivity index (χ2v) is 7.30. The summed E-state index contributed by atoms with van der Waals surface area (Å²) in [4.78, 5) is 20.9. The van der Waals surface area contributed by atoms with E-state index in [1.807, 2.05) is 23.6 Å². The van der Waals surface area contributed by atoms with E-state index in [4.69, 9.17) is 21.1 Å². The Labute approximate surface area is 170 Å². The summed E-state index contributed by atoms with van der Waals surface area (Å²) in [7, 11) is 0. The molecular formula is C20H16ClN3O3S. The van der Waals surface area contributed by atoms with Crippen LogP contribution in [-0.2, 0) is 11.2 Å². The minimum Gasteiger partial charge on any atom is -0.454 e. The number of benzene rings is 1. The number of thiazole rings is 1. The summed E-state index contributed by atoms with van der Waals surface area (Å²) in [5.41, 5.74) is 2.47. The molecule has 8 heteroatoms. The van der Waals surface area contributed by atoms with Crippen molar-refractivity contribution in [2.45, 2.75) is 6.42 Å². The summed E-state index contributed by atoms with van der Waals surface area (Å²) in [6, 6.07) is 9.24. The molecule has 0 unspecified atom stereocenters. The Morgan fingerprint density at radius 3 is 3.07 bits per heavy atom. The second kappa shape index (κ2) is 8.41. The Hall–Kier alpha value is -2.90. The summed E-state index contributed by atoms with van der Waals surface area (Å²) in [5.74, 6) is 0.937. The van der Waals surface area contributed by atoms with E-state index in [1.165, 1.54) is 6.08 Å². The molecule has 0 spiro atoms. The Kier molecular flexibility index (Phi) is 5.55. The van der Waals surface area contributed by atoms with Gasteiger partial charge < -0.3 is 14.8 Å². The number of nitrogens with one attached hydrogen (secondary N) is 1. The molecule has 0 atom stereocenters. The molecule has 6 nitrogen and oxygen atoms in total.